The molecule has 0 heterocycles. The number of sulfonamides is 1. The van der Waals surface area contributed by atoms with Crippen LogP contribution in [-0.2, 0) is 32.6 Å². The van der Waals surface area contributed by atoms with Gasteiger partial charge >= 0.3 is 0 Å². The quantitative estimate of drug-likeness (QED) is 0.332. The lowest BCUT2D eigenvalue weighted by molar-refractivity contribution is -0.140. The van der Waals surface area contributed by atoms with Gasteiger partial charge < -0.3 is 10.2 Å². The minimum atomic E-state index is -4.09. The monoisotopic (exact) mass is 607 g/mol. The number of hydrogen-bond acceptors (Lipinski definition) is 4. The molecule has 40 heavy (non-hydrogen) atoms. The molecule has 3 aromatic carbocycles. The van der Waals surface area contributed by atoms with E-state index in [0.717, 1.165) is 17.9 Å². The van der Waals surface area contributed by atoms with Gasteiger partial charge in [-0.1, -0.05) is 71.7 Å². The minimum Gasteiger partial charge on any atom is -0.350 e. The third-order valence-corrected chi connectivity index (χ3v) is 7.64. The number of nitrogens with zero attached hydrogens (tertiary/aromatic N) is 2. The Hall–Kier alpha value is -3.14. The highest BCUT2D eigenvalue weighted by molar-refractivity contribution is 7.92. The number of anilines is 1. The van der Waals surface area contributed by atoms with Gasteiger partial charge in [-0.05, 0) is 56.2 Å². The molecule has 1 N–H and O–H groups in total. The molecule has 0 aromatic heterocycles. The standard InChI is InChI=1S/C29H32Cl2FN3O4S/c1-29(2,3)33-28(37)26(16-20-10-6-5-7-11-20)34(18-21-14-15-22(30)17-23(21)31)27(36)19-35(40(4,38)39)25-13-9-8-12-24(25)32/h5-15,17,26H,16,18-19H2,1-4H3,(H,33,37). The number of nitrogens with one attached hydrogen (secondary N) is 1. The number of amides is 2. The number of benzene rings is 3. The molecule has 2 amide bonds. The smallest absolute Gasteiger partial charge is 0.244 e. The lowest BCUT2D eigenvalue weighted by atomic mass is 10.0. The Labute approximate surface area is 244 Å². The van der Waals surface area contributed by atoms with Gasteiger partial charge in [0.05, 0.1) is 11.9 Å². The largest absolute Gasteiger partial charge is 0.350 e. The first-order valence-corrected chi connectivity index (χ1v) is 15.1. The summed E-state index contributed by atoms with van der Waals surface area (Å²) in [5.41, 5.74) is 0.384. The Morgan fingerprint density at radius 1 is 0.975 bits per heavy atom. The maximum Gasteiger partial charge on any atom is 0.244 e. The Balaban J connectivity index is 2.11. The van der Waals surface area contributed by atoms with Gasteiger partial charge in [0.25, 0.3) is 0 Å². The molecule has 0 bridgehead atoms. The van der Waals surface area contributed by atoms with Crippen LogP contribution < -0.4 is 9.62 Å². The van der Waals surface area contributed by atoms with Gasteiger partial charge in [0, 0.05) is 28.5 Å². The van der Waals surface area contributed by atoms with Crippen molar-refractivity contribution in [2.75, 3.05) is 17.1 Å². The molecule has 0 radical (unpaired) electrons. The summed E-state index contributed by atoms with van der Waals surface area (Å²) in [6.07, 6.45) is 1.03. The van der Waals surface area contributed by atoms with Crippen LogP contribution in [0.2, 0.25) is 10.0 Å². The van der Waals surface area contributed by atoms with Crippen molar-refractivity contribution >= 4 is 50.7 Å². The molecule has 0 aliphatic carbocycles. The van der Waals surface area contributed by atoms with E-state index < -0.39 is 45.8 Å². The minimum absolute atomic E-state index is 0.126. The highest BCUT2D eigenvalue weighted by Crippen LogP contribution is 2.26. The third-order valence-electron chi connectivity index (χ3n) is 5.93. The second-order valence-electron chi connectivity index (χ2n) is 10.4. The second kappa shape index (κ2) is 13.0. The molecule has 7 nitrogen and oxygen atoms in total. The lowest BCUT2D eigenvalue weighted by Crippen LogP contribution is -2.56. The van der Waals surface area contributed by atoms with Gasteiger partial charge in [-0.15, -0.1) is 0 Å². The molecule has 0 spiro atoms. The predicted molar refractivity (Wildman–Crippen MR) is 157 cm³/mol. The number of carbonyl (C=O) groups excluding carboxylic acids is 2. The maximum atomic E-state index is 14.7. The van der Waals surface area contributed by atoms with Crippen molar-refractivity contribution in [2.45, 2.75) is 45.3 Å². The van der Waals surface area contributed by atoms with E-state index in [1.165, 1.54) is 29.2 Å². The summed E-state index contributed by atoms with van der Waals surface area (Å²) in [5.74, 6) is -1.96. The average Bonchev–Trinajstić information content (AvgIpc) is 2.85. The summed E-state index contributed by atoms with van der Waals surface area (Å²) in [6.45, 7) is 4.58. The van der Waals surface area contributed by atoms with Crippen LogP contribution in [0.4, 0.5) is 10.1 Å². The molecular formula is C29H32Cl2FN3O4S. The number of halogens is 3. The van der Waals surface area contributed by atoms with E-state index in [9.17, 15) is 22.4 Å². The molecule has 0 saturated heterocycles. The summed E-state index contributed by atoms with van der Waals surface area (Å²) >= 11 is 12.5. The van der Waals surface area contributed by atoms with E-state index in [4.69, 9.17) is 23.2 Å². The summed E-state index contributed by atoms with van der Waals surface area (Å²) in [6, 6.07) is 18.1. The summed E-state index contributed by atoms with van der Waals surface area (Å²) in [5, 5.41) is 3.59. The first-order chi connectivity index (χ1) is 18.7. The van der Waals surface area contributed by atoms with Crippen molar-refractivity contribution in [3.05, 3.63) is 99.8 Å². The fourth-order valence-electron chi connectivity index (χ4n) is 4.09. The zero-order chi connectivity index (χ0) is 29.7. The SMILES string of the molecule is CC(C)(C)NC(=O)C(Cc1ccccc1)N(Cc1ccc(Cl)cc1Cl)C(=O)CN(c1ccccc1F)S(C)(=O)=O. The average molecular weight is 609 g/mol. The summed E-state index contributed by atoms with van der Waals surface area (Å²) < 4.78 is 40.9. The van der Waals surface area contributed by atoms with Crippen LogP contribution in [0, 0.1) is 5.82 Å². The van der Waals surface area contributed by atoms with Gasteiger partial charge in [0.15, 0.2) is 0 Å². The normalized spacial score (nSPS) is 12.5. The van der Waals surface area contributed by atoms with E-state index in [-0.39, 0.29) is 23.7 Å². The van der Waals surface area contributed by atoms with Gasteiger partial charge in [0.1, 0.15) is 18.4 Å². The molecule has 1 unspecified atom stereocenters. The second-order valence-corrected chi connectivity index (χ2v) is 13.2. The van der Waals surface area contributed by atoms with Gasteiger partial charge in [-0.3, -0.25) is 13.9 Å². The molecule has 214 valence electrons. The van der Waals surface area contributed by atoms with E-state index in [1.807, 2.05) is 51.1 Å². The molecule has 1 atom stereocenters. The van der Waals surface area contributed by atoms with E-state index in [2.05, 4.69) is 5.32 Å². The van der Waals surface area contributed by atoms with Gasteiger partial charge in [0.2, 0.25) is 21.8 Å². The number of para-hydroxylation sites is 1. The van der Waals surface area contributed by atoms with Crippen molar-refractivity contribution < 1.29 is 22.4 Å². The zero-order valence-electron chi connectivity index (χ0n) is 22.7. The molecule has 3 aromatic rings. The Kier molecular flexibility index (Phi) is 10.2. The van der Waals surface area contributed by atoms with Gasteiger partial charge in [-0.25, -0.2) is 12.8 Å². The van der Waals surface area contributed by atoms with Crippen molar-refractivity contribution in [3.8, 4) is 0 Å². The molecule has 3 rings (SSSR count). The highest BCUT2D eigenvalue weighted by Gasteiger charge is 2.35. The number of carbonyl (C=O) groups is 2. The van der Waals surface area contributed by atoms with Crippen molar-refractivity contribution in [1.29, 1.82) is 0 Å². The van der Waals surface area contributed by atoms with E-state index >= 15 is 0 Å². The molecular weight excluding hydrogens is 576 g/mol. The first-order valence-electron chi connectivity index (χ1n) is 12.5. The van der Waals surface area contributed by atoms with Gasteiger partial charge in [-0.2, -0.15) is 0 Å². The third kappa shape index (κ3) is 8.68. The van der Waals surface area contributed by atoms with Crippen LogP contribution in [0.15, 0.2) is 72.8 Å². The highest BCUT2D eigenvalue weighted by atomic mass is 35.5. The summed E-state index contributed by atoms with van der Waals surface area (Å²) in [7, 11) is -4.09. The topological polar surface area (TPSA) is 86.8 Å². The van der Waals surface area contributed by atoms with Crippen molar-refractivity contribution in [2.24, 2.45) is 0 Å². The Bertz CT molecular complexity index is 1460. The van der Waals surface area contributed by atoms with Crippen LogP contribution in [0.1, 0.15) is 31.9 Å². The Morgan fingerprint density at radius 3 is 2.17 bits per heavy atom. The van der Waals surface area contributed by atoms with Crippen molar-refractivity contribution in [3.63, 3.8) is 0 Å². The molecule has 0 aliphatic heterocycles. The Morgan fingerprint density at radius 2 is 1.60 bits per heavy atom. The van der Waals surface area contributed by atoms with Crippen molar-refractivity contribution in [1.82, 2.24) is 10.2 Å². The van der Waals surface area contributed by atoms with Crippen LogP contribution in [0.25, 0.3) is 0 Å². The number of rotatable bonds is 10. The molecule has 11 heteroatoms. The molecule has 0 fully saturated rings. The fourth-order valence-corrected chi connectivity index (χ4v) is 5.41. The van der Waals surface area contributed by atoms with Crippen LogP contribution >= 0.6 is 23.2 Å². The van der Waals surface area contributed by atoms with Crippen LogP contribution in [-0.4, -0.2) is 49.5 Å². The lowest BCUT2D eigenvalue weighted by Gasteiger charge is -2.35. The number of hydrogen-bond donors (Lipinski definition) is 1. The molecule has 0 aliphatic rings. The van der Waals surface area contributed by atoms with Crippen LogP contribution in [0.3, 0.4) is 0 Å². The van der Waals surface area contributed by atoms with E-state index in [1.54, 1.807) is 12.1 Å². The maximum absolute atomic E-state index is 14.7. The van der Waals surface area contributed by atoms with E-state index in [0.29, 0.717) is 14.9 Å². The predicted octanol–water partition coefficient (Wildman–Crippen LogP) is 5.45. The molecule has 0 saturated carbocycles. The zero-order valence-corrected chi connectivity index (χ0v) is 25.0. The van der Waals surface area contributed by atoms with Crippen LogP contribution in [0.5, 0.6) is 0 Å². The fraction of sp³-hybridized carbons (Fsp3) is 0.310. The first kappa shape index (κ1) is 31.4. The summed E-state index contributed by atoms with van der Waals surface area (Å²) in [4.78, 5) is 29.0.